The molecule has 2 N–H and O–H groups in total. The Hall–Kier alpha value is -1.06. The zero-order valence-electron chi connectivity index (χ0n) is 12.8. The Balaban J connectivity index is 2.33. The Morgan fingerprint density at radius 3 is 2.37 bits per heavy atom. The highest BCUT2D eigenvalue weighted by atomic mass is 16.5. The third-order valence-electron chi connectivity index (χ3n) is 3.05. The van der Waals surface area contributed by atoms with Crippen LogP contribution in [0, 0.1) is 0 Å². The van der Waals surface area contributed by atoms with Gasteiger partial charge in [0.15, 0.2) is 0 Å². The number of nitrogens with zero attached hydrogens (tertiary/aromatic N) is 1. The van der Waals surface area contributed by atoms with Gasteiger partial charge in [-0.2, -0.15) is 0 Å². The van der Waals surface area contributed by atoms with Crippen LogP contribution in [0.5, 0.6) is 5.75 Å². The van der Waals surface area contributed by atoms with Gasteiger partial charge in [-0.25, -0.2) is 0 Å². The predicted octanol–water partition coefficient (Wildman–Crippen LogP) is 3.03. The molecule has 0 aliphatic heterocycles. The minimum absolute atomic E-state index is 0.0556. The number of benzene rings is 1. The van der Waals surface area contributed by atoms with E-state index in [1.807, 2.05) is 19.1 Å². The Bertz CT molecular complexity index is 354. The van der Waals surface area contributed by atoms with E-state index in [2.05, 4.69) is 37.9 Å². The highest BCUT2D eigenvalue weighted by Crippen LogP contribution is 2.14. The SMILES string of the molecule is CCOc1ccc(CN(C)CCCC(C)(C)N)cc1. The van der Waals surface area contributed by atoms with Crippen LogP contribution in [0.4, 0.5) is 0 Å². The molecule has 0 saturated carbocycles. The monoisotopic (exact) mass is 264 g/mol. The van der Waals surface area contributed by atoms with Crippen LogP contribution in [0.2, 0.25) is 0 Å². The quantitative estimate of drug-likeness (QED) is 0.784. The minimum Gasteiger partial charge on any atom is -0.494 e. The van der Waals surface area contributed by atoms with Crippen LogP contribution in [0.25, 0.3) is 0 Å². The van der Waals surface area contributed by atoms with E-state index in [9.17, 15) is 0 Å². The fourth-order valence-electron chi connectivity index (χ4n) is 2.05. The largest absolute Gasteiger partial charge is 0.494 e. The predicted molar refractivity (Wildman–Crippen MR) is 81.4 cm³/mol. The zero-order valence-corrected chi connectivity index (χ0v) is 12.8. The lowest BCUT2D eigenvalue weighted by Crippen LogP contribution is -2.33. The molecule has 0 saturated heterocycles. The molecular formula is C16H28N2O. The molecule has 0 fully saturated rings. The molecule has 0 aliphatic carbocycles. The van der Waals surface area contributed by atoms with E-state index in [4.69, 9.17) is 10.5 Å². The van der Waals surface area contributed by atoms with E-state index in [1.54, 1.807) is 0 Å². The molecule has 0 amide bonds. The van der Waals surface area contributed by atoms with Crippen molar-refractivity contribution in [3.63, 3.8) is 0 Å². The normalized spacial score (nSPS) is 11.9. The van der Waals surface area contributed by atoms with Gasteiger partial charge in [0, 0.05) is 12.1 Å². The lowest BCUT2D eigenvalue weighted by molar-refractivity contribution is 0.302. The number of nitrogens with two attached hydrogens (primary N) is 1. The fourth-order valence-corrected chi connectivity index (χ4v) is 2.05. The average Bonchev–Trinajstić information content (AvgIpc) is 2.30. The van der Waals surface area contributed by atoms with Crippen molar-refractivity contribution < 1.29 is 4.74 Å². The first-order valence-electron chi connectivity index (χ1n) is 7.10. The second-order valence-corrected chi connectivity index (χ2v) is 5.91. The molecule has 108 valence electrons. The smallest absolute Gasteiger partial charge is 0.119 e. The zero-order chi connectivity index (χ0) is 14.3. The van der Waals surface area contributed by atoms with Crippen LogP contribution in [-0.4, -0.2) is 30.6 Å². The molecule has 1 aromatic rings. The van der Waals surface area contributed by atoms with Gasteiger partial charge in [-0.05, 0) is 64.9 Å². The van der Waals surface area contributed by atoms with Crippen molar-refractivity contribution in [1.82, 2.24) is 4.90 Å². The first-order chi connectivity index (χ1) is 8.90. The highest BCUT2D eigenvalue weighted by molar-refractivity contribution is 5.27. The number of hydrogen-bond acceptors (Lipinski definition) is 3. The van der Waals surface area contributed by atoms with Crippen molar-refractivity contribution in [3.05, 3.63) is 29.8 Å². The molecule has 0 spiro atoms. The van der Waals surface area contributed by atoms with Crippen molar-refractivity contribution in [2.75, 3.05) is 20.2 Å². The van der Waals surface area contributed by atoms with Crippen molar-refractivity contribution in [3.8, 4) is 5.75 Å². The summed E-state index contributed by atoms with van der Waals surface area (Å²) >= 11 is 0. The molecule has 3 nitrogen and oxygen atoms in total. The van der Waals surface area contributed by atoms with Gasteiger partial charge in [0.2, 0.25) is 0 Å². The van der Waals surface area contributed by atoms with Gasteiger partial charge in [-0.3, -0.25) is 0 Å². The maximum Gasteiger partial charge on any atom is 0.119 e. The summed E-state index contributed by atoms with van der Waals surface area (Å²) in [5.74, 6) is 0.943. The highest BCUT2D eigenvalue weighted by Gasteiger charge is 2.10. The van der Waals surface area contributed by atoms with Gasteiger partial charge in [0.05, 0.1) is 6.61 Å². The van der Waals surface area contributed by atoms with E-state index >= 15 is 0 Å². The third-order valence-corrected chi connectivity index (χ3v) is 3.05. The minimum atomic E-state index is -0.0556. The van der Waals surface area contributed by atoms with Gasteiger partial charge in [-0.15, -0.1) is 0 Å². The number of rotatable bonds is 8. The maximum atomic E-state index is 5.99. The second kappa shape index (κ2) is 7.51. The summed E-state index contributed by atoms with van der Waals surface area (Å²) in [5.41, 5.74) is 7.25. The lowest BCUT2D eigenvalue weighted by Gasteiger charge is -2.21. The molecule has 0 radical (unpaired) electrons. The van der Waals surface area contributed by atoms with E-state index in [0.29, 0.717) is 6.61 Å². The molecule has 1 rings (SSSR count). The van der Waals surface area contributed by atoms with Crippen LogP contribution in [-0.2, 0) is 6.54 Å². The Kier molecular flexibility index (Phi) is 6.32. The van der Waals surface area contributed by atoms with Crippen molar-refractivity contribution >= 4 is 0 Å². The van der Waals surface area contributed by atoms with Gasteiger partial charge in [0.1, 0.15) is 5.75 Å². The Labute approximate surface area is 117 Å². The van der Waals surface area contributed by atoms with E-state index in [-0.39, 0.29) is 5.54 Å². The summed E-state index contributed by atoms with van der Waals surface area (Å²) < 4.78 is 5.44. The summed E-state index contributed by atoms with van der Waals surface area (Å²) in [5, 5.41) is 0. The molecule has 3 heteroatoms. The average molecular weight is 264 g/mol. The summed E-state index contributed by atoms with van der Waals surface area (Å²) in [6.45, 7) is 8.93. The second-order valence-electron chi connectivity index (χ2n) is 5.91. The molecular weight excluding hydrogens is 236 g/mol. The molecule has 0 aliphatic rings. The van der Waals surface area contributed by atoms with E-state index in [0.717, 1.165) is 31.7 Å². The Morgan fingerprint density at radius 1 is 1.21 bits per heavy atom. The third kappa shape index (κ3) is 7.19. The summed E-state index contributed by atoms with van der Waals surface area (Å²) in [7, 11) is 2.15. The van der Waals surface area contributed by atoms with Gasteiger partial charge >= 0.3 is 0 Å². The molecule has 0 unspecified atom stereocenters. The molecule has 1 aromatic carbocycles. The first kappa shape index (κ1) is 16.0. The molecule has 19 heavy (non-hydrogen) atoms. The summed E-state index contributed by atoms with van der Waals surface area (Å²) in [4.78, 5) is 2.33. The van der Waals surface area contributed by atoms with Gasteiger partial charge in [-0.1, -0.05) is 12.1 Å². The van der Waals surface area contributed by atoms with E-state index in [1.165, 1.54) is 5.56 Å². The Morgan fingerprint density at radius 2 is 1.84 bits per heavy atom. The van der Waals surface area contributed by atoms with Crippen LogP contribution in [0.1, 0.15) is 39.2 Å². The van der Waals surface area contributed by atoms with Crippen LogP contribution < -0.4 is 10.5 Å². The van der Waals surface area contributed by atoms with Gasteiger partial charge in [0.25, 0.3) is 0 Å². The van der Waals surface area contributed by atoms with Crippen LogP contribution >= 0.6 is 0 Å². The summed E-state index contributed by atoms with van der Waals surface area (Å²) in [6, 6.07) is 8.34. The standard InChI is InChI=1S/C16H28N2O/c1-5-19-15-9-7-14(8-10-15)13-18(4)12-6-11-16(2,3)17/h7-10H,5-6,11-13,17H2,1-4H3. The molecule has 0 atom stereocenters. The number of ether oxygens (including phenoxy) is 1. The first-order valence-corrected chi connectivity index (χ1v) is 7.10. The van der Waals surface area contributed by atoms with Crippen LogP contribution in [0.15, 0.2) is 24.3 Å². The molecule has 0 bridgehead atoms. The molecule has 0 heterocycles. The van der Waals surface area contributed by atoms with Crippen molar-refractivity contribution in [2.45, 2.75) is 45.7 Å². The number of hydrogen-bond donors (Lipinski definition) is 1. The van der Waals surface area contributed by atoms with Crippen molar-refractivity contribution in [1.29, 1.82) is 0 Å². The summed E-state index contributed by atoms with van der Waals surface area (Å²) in [6.07, 6.45) is 2.19. The lowest BCUT2D eigenvalue weighted by atomic mass is 10.00. The topological polar surface area (TPSA) is 38.5 Å². The maximum absolute atomic E-state index is 5.99. The van der Waals surface area contributed by atoms with Gasteiger partial charge < -0.3 is 15.4 Å². The van der Waals surface area contributed by atoms with Crippen LogP contribution in [0.3, 0.4) is 0 Å². The van der Waals surface area contributed by atoms with Crippen molar-refractivity contribution in [2.24, 2.45) is 5.73 Å². The van der Waals surface area contributed by atoms with E-state index < -0.39 is 0 Å². The fraction of sp³-hybridized carbons (Fsp3) is 0.625. The molecule has 0 aromatic heterocycles.